The monoisotopic (exact) mass is 401 g/mol. The molecule has 7 heteroatoms. The highest BCUT2D eigenvalue weighted by Crippen LogP contribution is 2.13. The summed E-state index contributed by atoms with van der Waals surface area (Å²) in [5, 5.41) is 20.5. The highest BCUT2D eigenvalue weighted by molar-refractivity contribution is 6.06. The summed E-state index contributed by atoms with van der Waals surface area (Å²) in [6.07, 6.45) is 0. The van der Waals surface area contributed by atoms with E-state index in [1.165, 1.54) is 0 Å². The fourth-order valence-corrected chi connectivity index (χ4v) is 2.62. The van der Waals surface area contributed by atoms with E-state index in [9.17, 15) is 9.90 Å². The highest BCUT2D eigenvalue weighted by atomic mass is 16.3. The maximum atomic E-state index is 12.8. The van der Waals surface area contributed by atoms with Gasteiger partial charge in [0.15, 0.2) is 0 Å². The van der Waals surface area contributed by atoms with Crippen LogP contribution in [0, 0.1) is 0 Å². The molecule has 1 atom stereocenters. The van der Waals surface area contributed by atoms with E-state index in [1.54, 1.807) is 36.4 Å². The second-order valence-electron chi connectivity index (χ2n) is 6.56. The number of phenols is 1. The van der Waals surface area contributed by atoms with Crippen LogP contribution in [0.15, 0.2) is 100 Å². The smallest absolute Gasteiger partial charge is 0.254 e. The molecule has 152 valence electrons. The van der Waals surface area contributed by atoms with Gasteiger partial charge in [0.2, 0.25) is 6.04 Å². The van der Waals surface area contributed by atoms with Crippen LogP contribution in [-0.4, -0.2) is 22.9 Å². The predicted molar refractivity (Wildman–Crippen MR) is 116 cm³/mol. The Bertz CT molecular complexity index is 1000. The molecule has 0 saturated carbocycles. The third-order valence-electron chi connectivity index (χ3n) is 4.26. The van der Waals surface area contributed by atoms with Gasteiger partial charge in [0.25, 0.3) is 5.91 Å². The number of nitrogens with one attached hydrogen (secondary N) is 1. The molecule has 0 aliphatic heterocycles. The Morgan fingerprint density at radius 2 is 1.53 bits per heavy atom. The lowest BCUT2D eigenvalue weighted by molar-refractivity contribution is -0.121. The first-order valence-electron chi connectivity index (χ1n) is 9.47. The number of nitrogens with two attached hydrogens (primary N) is 1. The number of amides is 1. The Kier molecular flexibility index (Phi) is 7.27. The zero-order valence-corrected chi connectivity index (χ0v) is 16.3. The van der Waals surface area contributed by atoms with Crippen molar-refractivity contribution in [2.24, 2.45) is 21.0 Å². The summed E-state index contributed by atoms with van der Waals surface area (Å²) in [6, 6.07) is 24.2. The van der Waals surface area contributed by atoms with E-state index in [-0.39, 0.29) is 24.0 Å². The molecule has 0 aromatic heterocycles. The summed E-state index contributed by atoms with van der Waals surface area (Å²) < 4.78 is 0. The van der Waals surface area contributed by atoms with Gasteiger partial charge in [-0.05, 0) is 35.4 Å². The Morgan fingerprint density at radius 3 is 2.20 bits per heavy atom. The standard InChI is InChI=1S/C23H23N5O2/c24-22(25-15-18-11-13-20(29)14-12-18)21(28-27-19-9-5-2-6-10-19)23(30)26-16-17-7-3-1-4-8-17/h1-14,21,29H,15-16H2,(H2,24,25)(H,26,30). The number of carbonyl (C=O) groups excluding carboxylic acids is 1. The van der Waals surface area contributed by atoms with E-state index in [1.807, 2.05) is 48.5 Å². The molecule has 0 aliphatic carbocycles. The molecule has 0 bridgehead atoms. The summed E-state index contributed by atoms with van der Waals surface area (Å²) in [5.74, 6) is -0.149. The van der Waals surface area contributed by atoms with E-state index in [4.69, 9.17) is 5.73 Å². The first kappa shape index (κ1) is 20.7. The quantitative estimate of drug-likeness (QED) is 0.304. The van der Waals surface area contributed by atoms with E-state index in [0.717, 1.165) is 11.1 Å². The molecular formula is C23H23N5O2. The lowest BCUT2D eigenvalue weighted by Crippen LogP contribution is -2.42. The van der Waals surface area contributed by atoms with Gasteiger partial charge in [0.1, 0.15) is 11.6 Å². The lowest BCUT2D eigenvalue weighted by Gasteiger charge is -2.12. The molecular weight excluding hydrogens is 378 g/mol. The molecule has 4 N–H and O–H groups in total. The summed E-state index contributed by atoms with van der Waals surface area (Å²) in [7, 11) is 0. The molecule has 0 spiro atoms. The molecule has 3 aromatic carbocycles. The number of hydrogen-bond donors (Lipinski definition) is 3. The van der Waals surface area contributed by atoms with Crippen LogP contribution in [0.25, 0.3) is 0 Å². The van der Waals surface area contributed by atoms with Crippen LogP contribution in [0.1, 0.15) is 11.1 Å². The van der Waals surface area contributed by atoms with Crippen molar-refractivity contribution in [1.82, 2.24) is 5.32 Å². The second kappa shape index (κ2) is 10.5. The van der Waals surface area contributed by atoms with Crippen LogP contribution >= 0.6 is 0 Å². The Balaban J connectivity index is 1.74. The molecule has 0 heterocycles. The SMILES string of the molecule is NC(=NCc1ccc(O)cc1)C(N=Nc1ccccc1)C(=O)NCc1ccccc1. The summed E-state index contributed by atoms with van der Waals surface area (Å²) >= 11 is 0. The summed E-state index contributed by atoms with van der Waals surface area (Å²) in [5.41, 5.74) is 8.54. The summed E-state index contributed by atoms with van der Waals surface area (Å²) in [6.45, 7) is 0.609. The van der Waals surface area contributed by atoms with Gasteiger partial charge < -0.3 is 16.2 Å². The minimum atomic E-state index is -1.05. The maximum absolute atomic E-state index is 12.8. The van der Waals surface area contributed by atoms with Crippen molar-refractivity contribution in [3.8, 4) is 5.75 Å². The fourth-order valence-electron chi connectivity index (χ4n) is 2.62. The van der Waals surface area contributed by atoms with Gasteiger partial charge in [-0.1, -0.05) is 60.7 Å². The molecule has 0 aliphatic rings. The van der Waals surface area contributed by atoms with Crippen molar-refractivity contribution >= 4 is 17.4 Å². The predicted octanol–water partition coefficient (Wildman–Crippen LogP) is 3.72. The number of azo groups is 1. The average molecular weight is 401 g/mol. The average Bonchev–Trinajstić information content (AvgIpc) is 2.79. The lowest BCUT2D eigenvalue weighted by atomic mass is 10.2. The van der Waals surface area contributed by atoms with Crippen LogP contribution in [0.5, 0.6) is 5.75 Å². The number of carbonyl (C=O) groups is 1. The molecule has 0 saturated heterocycles. The first-order chi connectivity index (χ1) is 14.6. The molecule has 3 rings (SSSR count). The van der Waals surface area contributed by atoms with Gasteiger partial charge in [-0.3, -0.25) is 9.79 Å². The van der Waals surface area contributed by atoms with E-state index < -0.39 is 6.04 Å². The number of hydrogen-bond acceptors (Lipinski definition) is 5. The fraction of sp³-hybridized carbons (Fsp3) is 0.130. The van der Waals surface area contributed by atoms with E-state index in [2.05, 4.69) is 20.5 Å². The number of aromatic hydroxyl groups is 1. The number of amidine groups is 1. The van der Waals surface area contributed by atoms with Gasteiger partial charge in [0.05, 0.1) is 12.2 Å². The molecule has 1 unspecified atom stereocenters. The number of phenolic OH excluding ortho intramolecular Hbond substituents is 1. The third kappa shape index (κ3) is 6.27. The Labute approximate surface area is 175 Å². The zero-order valence-electron chi connectivity index (χ0n) is 16.3. The largest absolute Gasteiger partial charge is 0.508 e. The molecule has 3 aromatic rings. The van der Waals surface area contributed by atoms with Crippen molar-refractivity contribution in [2.75, 3.05) is 0 Å². The topological polar surface area (TPSA) is 112 Å². The minimum Gasteiger partial charge on any atom is -0.508 e. The van der Waals surface area contributed by atoms with Crippen molar-refractivity contribution in [1.29, 1.82) is 0 Å². The Hall–Kier alpha value is -4.00. The van der Waals surface area contributed by atoms with Crippen LogP contribution in [0.3, 0.4) is 0 Å². The number of rotatable bonds is 8. The molecule has 1 amide bonds. The number of nitrogens with zero attached hydrogens (tertiary/aromatic N) is 3. The second-order valence-corrected chi connectivity index (χ2v) is 6.56. The molecule has 0 fully saturated rings. The van der Waals surface area contributed by atoms with Crippen LogP contribution in [0.4, 0.5) is 5.69 Å². The molecule has 7 nitrogen and oxygen atoms in total. The van der Waals surface area contributed by atoms with E-state index in [0.29, 0.717) is 12.2 Å². The van der Waals surface area contributed by atoms with Gasteiger partial charge in [-0.15, -0.1) is 0 Å². The van der Waals surface area contributed by atoms with Gasteiger partial charge >= 0.3 is 0 Å². The normalized spacial score (nSPS) is 12.6. The highest BCUT2D eigenvalue weighted by Gasteiger charge is 2.22. The molecule has 0 radical (unpaired) electrons. The van der Waals surface area contributed by atoms with Crippen molar-refractivity contribution in [3.05, 3.63) is 96.1 Å². The van der Waals surface area contributed by atoms with Crippen molar-refractivity contribution < 1.29 is 9.90 Å². The van der Waals surface area contributed by atoms with Crippen LogP contribution in [-0.2, 0) is 17.9 Å². The zero-order chi connectivity index (χ0) is 21.2. The van der Waals surface area contributed by atoms with Crippen molar-refractivity contribution in [3.63, 3.8) is 0 Å². The van der Waals surface area contributed by atoms with Crippen LogP contribution in [0.2, 0.25) is 0 Å². The van der Waals surface area contributed by atoms with Crippen molar-refractivity contribution in [2.45, 2.75) is 19.1 Å². The van der Waals surface area contributed by atoms with E-state index >= 15 is 0 Å². The van der Waals surface area contributed by atoms with Gasteiger partial charge in [0, 0.05) is 6.54 Å². The van der Waals surface area contributed by atoms with Crippen LogP contribution < -0.4 is 11.1 Å². The summed E-state index contributed by atoms with van der Waals surface area (Å²) in [4.78, 5) is 17.1. The number of aliphatic imine (C=N–C) groups is 1. The van der Waals surface area contributed by atoms with Gasteiger partial charge in [-0.2, -0.15) is 10.2 Å². The minimum absolute atomic E-state index is 0.0633. The third-order valence-corrected chi connectivity index (χ3v) is 4.26. The Morgan fingerprint density at radius 1 is 0.900 bits per heavy atom. The number of benzene rings is 3. The van der Waals surface area contributed by atoms with Gasteiger partial charge in [-0.25, -0.2) is 0 Å². The first-order valence-corrected chi connectivity index (χ1v) is 9.47. The maximum Gasteiger partial charge on any atom is 0.254 e. The molecule has 30 heavy (non-hydrogen) atoms.